The molecule has 0 atom stereocenters. The van der Waals surface area contributed by atoms with Gasteiger partial charge in [0.1, 0.15) is 6.54 Å². The van der Waals surface area contributed by atoms with Crippen molar-refractivity contribution in [3.8, 4) is 0 Å². The van der Waals surface area contributed by atoms with Gasteiger partial charge in [-0.2, -0.15) is 0 Å². The van der Waals surface area contributed by atoms with Gasteiger partial charge in [0.25, 0.3) is 0 Å². The van der Waals surface area contributed by atoms with E-state index in [9.17, 15) is 19.2 Å². The number of benzene rings is 1. The highest BCUT2D eigenvalue weighted by Gasteiger charge is 2.45. The number of carbonyl (C=O) groups is 4. The van der Waals surface area contributed by atoms with E-state index in [0.29, 0.717) is 21.2 Å². The van der Waals surface area contributed by atoms with Gasteiger partial charge in [-0.15, -0.1) is 11.3 Å². The normalized spacial score (nSPS) is 14.3. The molecule has 2 aromatic rings. The Morgan fingerprint density at radius 1 is 1.12 bits per heavy atom. The summed E-state index contributed by atoms with van der Waals surface area (Å²) < 4.78 is 0. The molecule has 0 saturated carbocycles. The van der Waals surface area contributed by atoms with E-state index in [-0.39, 0.29) is 6.54 Å². The van der Waals surface area contributed by atoms with Crippen LogP contribution in [-0.4, -0.2) is 40.1 Å². The van der Waals surface area contributed by atoms with Crippen LogP contribution in [-0.2, 0) is 20.9 Å². The van der Waals surface area contributed by atoms with Crippen LogP contribution >= 0.6 is 22.9 Å². The van der Waals surface area contributed by atoms with Gasteiger partial charge in [0, 0.05) is 15.6 Å². The highest BCUT2D eigenvalue weighted by molar-refractivity contribution is 7.09. The monoisotopic (exact) mass is 391 g/mol. The van der Waals surface area contributed by atoms with Crippen LogP contribution < -0.4 is 5.32 Å². The summed E-state index contributed by atoms with van der Waals surface area (Å²) >= 11 is 7.37. The number of urea groups is 1. The largest absolute Gasteiger partial charge is 0.335 e. The minimum Gasteiger partial charge on any atom is -0.324 e. The van der Waals surface area contributed by atoms with Gasteiger partial charge in [-0.25, -0.2) is 9.69 Å². The molecule has 1 aliphatic rings. The Balaban J connectivity index is 1.70. The molecule has 0 unspecified atom stereocenters. The summed E-state index contributed by atoms with van der Waals surface area (Å²) in [5, 5.41) is 4.88. The molecule has 1 saturated heterocycles. The molecule has 9 heteroatoms. The Bertz CT molecular complexity index is 897. The fourth-order valence-electron chi connectivity index (χ4n) is 2.46. The Kier molecular flexibility index (Phi) is 5.06. The molecule has 1 aromatic carbocycles. The maximum absolute atomic E-state index is 12.4. The zero-order valence-corrected chi connectivity index (χ0v) is 15.3. The second-order valence-corrected chi connectivity index (χ2v) is 7.04. The molecule has 26 heavy (non-hydrogen) atoms. The van der Waals surface area contributed by atoms with Crippen molar-refractivity contribution in [3.63, 3.8) is 0 Å². The third-order valence-electron chi connectivity index (χ3n) is 3.87. The molecular weight excluding hydrogens is 378 g/mol. The van der Waals surface area contributed by atoms with Crippen molar-refractivity contribution in [1.82, 2.24) is 9.80 Å². The number of carbonyl (C=O) groups excluding carboxylic acids is 4. The highest BCUT2D eigenvalue weighted by atomic mass is 35.5. The van der Waals surface area contributed by atoms with Gasteiger partial charge in [-0.1, -0.05) is 23.7 Å². The number of hydrogen-bond donors (Lipinski definition) is 1. The molecular formula is C17H14ClN3O4S. The van der Waals surface area contributed by atoms with Crippen LogP contribution in [0, 0.1) is 6.92 Å². The lowest BCUT2D eigenvalue weighted by Crippen LogP contribution is -2.38. The predicted molar refractivity (Wildman–Crippen MR) is 96.8 cm³/mol. The topological polar surface area (TPSA) is 86.8 Å². The number of halogens is 1. The first-order valence-corrected chi connectivity index (χ1v) is 8.89. The van der Waals surface area contributed by atoms with Crippen molar-refractivity contribution < 1.29 is 19.2 Å². The lowest BCUT2D eigenvalue weighted by Gasteiger charge is -2.15. The first-order valence-electron chi connectivity index (χ1n) is 7.63. The number of rotatable bonds is 5. The molecule has 0 aliphatic carbocycles. The van der Waals surface area contributed by atoms with E-state index >= 15 is 0 Å². The lowest BCUT2D eigenvalue weighted by molar-refractivity contribution is -0.143. The Morgan fingerprint density at radius 3 is 2.54 bits per heavy atom. The number of nitrogens with zero attached hydrogens (tertiary/aromatic N) is 2. The van der Waals surface area contributed by atoms with Crippen LogP contribution in [0.2, 0.25) is 5.02 Å². The van der Waals surface area contributed by atoms with Gasteiger partial charge < -0.3 is 5.32 Å². The smallest absolute Gasteiger partial charge is 0.324 e. The summed E-state index contributed by atoms with van der Waals surface area (Å²) in [5.74, 6) is -2.54. The SMILES string of the molecule is Cc1c(Cl)cccc1NC(=O)CN1C(=O)C(=O)N(Cc2cccs2)C1=O. The fourth-order valence-corrected chi connectivity index (χ4v) is 3.33. The van der Waals surface area contributed by atoms with Gasteiger partial charge in [-0.3, -0.25) is 19.3 Å². The van der Waals surface area contributed by atoms with E-state index in [4.69, 9.17) is 11.6 Å². The van der Waals surface area contributed by atoms with Crippen molar-refractivity contribution in [2.75, 3.05) is 11.9 Å². The van der Waals surface area contributed by atoms with E-state index in [2.05, 4.69) is 5.32 Å². The standard InChI is InChI=1S/C17H14ClN3O4S/c1-10-12(18)5-2-6-13(10)19-14(22)9-21-16(24)15(23)20(17(21)25)8-11-4-3-7-26-11/h2-7H,8-9H2,1H3,(H,19,22). The first kappa shape index (κ1) is 18.1. The van der Waals surface area contributed by atoms with Crippen LogP contribution in [0.1, 0.15) is 10.4 Å². The number of thiophene rings is 1. The number of anilines is 1. The molecule has 7 nitrogen and oxygen atoms in total. The number of hydrogen-bond acceptors (Lipinski definition) is 5. The summed E-state index contributed by atoms with van der Waals surface area (Å²) in [6.07, 6.45) is 0. The molecule has 3 rings (SSSR count). The Labute approximate surface area is 158 Å². The molecule has 0 radical (unpaired) electrons. The average Bonchev–Trinajstić information content (AvgIpc) is 3.18. The lowest BCUT2D eigenvalue weighted by atomic mass is 10.2. The average molecular weight is 392 g/mol. The summed E-state index contributed by atoms with van der Waals surface area (Å²) in [6.45, 7) is 1.19. The van der Waals surface area contributed by atoms with E-state index in [1.165, 1.54) is 11.3 Å². The minimum atomic E-state index is -1.01. The highest BCUT2D eigenvalue weighted by Crippen LogP contribution is 2.23. The number of amides is 5. The second-order valence-electron chi connectivity index (χ2n) is 5.61. The maximum atomic E-state index is 12.4. The van der Waals surface area contributed by atoms with E-state index in [1.807, 2.05) is 0 Å². The van der Waals surface area contributed by atoms with E-state index < -0.39 is 30.3 Å². The van der Waals surface area contributed by atoms with Gasteiger partial charge in [0.15, 0.2) is 0 Å². The van der Waals surface area contributed by atoms with Gasteiger partial charge in [0.2, 0.25) is 5.91 Å². The molecule has 5 amide bonds. The molecule has 2 heterocycles. The number of nitrogens with one attached hydrogen (secondary N) is 1. The fraction of sp³-hybridized carbons (Fsp3) is 0.176. The summed E-state index contributed by atoms with van der Waals surface area (Å²) in [7, 11) is 0. The van der Waals surface area contributed by atoms with Crippen molar-refractivity contribution in [3.05, 3.63) is 51.2 Å². The molecule has 1 aliphatic heterocycles. The van der Waals surface area contributed by atoms with Crippen molar-refractivity contribution in [2.24, 2.45) is 0 Å². The van der Waals surface area contributed by atoms with Crippen LogP contribution in [0.5, 0.6) is 0 Å². The Hall–Kier alpha value is -2.71. The van der Waals surface area contributed by atoms with Crippen LogP contribution in [0.3, 0.4) is 0 Å². The third kappa shape index (κ3) is 3.47. The van der Waals surface area contributed by atoms with Crippen LogP contribution in [0.15, 0.2) is 35.7 Å². The molecule has 1 aromatic heterocycles. The molecule has 1 fully saturated rings. The van der Waals surface area contributed by atoms with Crippen LogP contribution in [0.4, 0.5) is 10.5 Å². The predicted octanol–water partition coefficient (Wildman–Crippen LogP) is 2.64. The zero-order valence-electron chi connectivity index (χ0n) is 13.7. The van der Waals surface area contributed by atoms with E-state index in [1.54, 1.807) is 42.6 Å². The quantitative estimate of drug-likeness (QED) is 0.627. The van der Waals surface area contributed by atoms with Crippen molar-refractivity contribution in [2.45, 2.75) is 13.5 Å². The van der Waals surface area contributed by atoms with Crippen molar-refractivity contribution >= 4 is 52.4 Å². The Morgan fingerprint density at radius 2 is 1.85 bits per heavy atom. The zero-order chi connectivity index (χ0) is 18.8. The van der Waals surface area contributed by atoms with Crippen LogP contribution in [0.25, 0.3) is 0 Å². The van der Waals surface area contributed by atoms with Gasteiger partial charge in [-0.05, 0) is 36.1 Å². The van der Waals surface area contributed by atoms with Gasteiger partial charge in [0.05, 0.1) is 6.54 Å². The minimum absolute atomic E-state index is 0.00654. The third-order valence-corrected chi connectivity index (χ3v) is 5.14. The first-order chi connectivity index (χ1) is 12.4. The van der Waals surface area contributed by atoms with Crippen molar-refractivity contribution in [1.29, 1.82) is 0 Å². The molecule has 134 valence electrons. The summed E-state index contributed by atoms with van der Waals surface area (Å²) in [5.41, 5.74) is 1.14. The van der Waals surface area contributed by atoms with Gasteiger partial charge >= 0.3 is 17.8 Å². The maximum Gasteiger partial charge on any atom is 0.335 e. The van der Waals surface area contributed by atoms with E-state index in [0.717, 1.165) is 9.78 Å². The molecule has 1 N–H and O–H groups in total. The summed E-state index contributed by atoms with van der Waals surface area (Å²) in [6, 6.07) is 7.75. The number of imide groups is 2. The molecule has 0 spiro atoms. The molecule has 0 bridgehead atoms. The second kappa shape index (κ2) is 7.27. The summed E-state index contributed by atoms with van der Waals surface area (Å²) in [4.78, 5) is 51.0.